The summed E-state index contributed by atoms with van der Waals surface area (Å²) in [5.41, 5.74) is 0. The van der Waals surface area contributed by atoms with Crippen molar-refractivity contribution in [2.75, 3.05) is 0 Å². The number of carbonyl (C=O) groups excluding carboxylic acids is 1. The molecule has 0 aliphatic rings. The molecule has 1 amide bonds. The summed E-state index contributed by atoms with van der Waals surface area (Å²) in [4.78, 5) is 9.29. The smallest absolute Gasteiger partial charge is 0.315 e. The highest BCUT2D eigenvalue weighted by Gasteiger charge is 2.13. The van der Waals surface area contributed by atoms with Crippen molar-refractivity contribution in [3.8, 4) is 0 Å². The molecule has 0 bridgehead atoms. The minimum atomic E-state index is -0.737. The fourth-order valence-corrected chi connectivity index (χ4v) is 0.604. The van der Waals surface area contributed by atoms with Gasteiger partial charge in [0, 0.05) is 0 Å². The molecule has 0 saturated heterocycles. The topological polar surface area (TPSA) is 29.1 Å². The van der Waals surface area contributed by atoms with Gasteiger partial charge in [0.05, 0.1) is 0 Å². The summed E-state index contributed by atoms with van der Waals surface area (Å²) >= 11 is 10.4. The lowest BCUT2D eigenvalue weighted by Gasteiger charge is -2.14. The quantitative estimate of drug-likeness (QED) is 0.350. The first kappa shape index (κ1) is 8.05. The molecule has 0 aromatic rings. The van der Waals surface area contributed by atoms with Crippen LogP contribution >= 0.6 is 23.2 Å². The van der Waals surface area contributed by atoms with Gasteiger partial charge in [-0.1, -0.05) is 11.6 Å². The summed E-state index contributed by atoms with van der Waals surface area (Å²) < 4.78 is 0. The summed E-state index contributed by atoms with van der Waals surface area (Å²) in [6, 6.07) is 0. The molecule has 1 N–H and O–H groups in total. The van der Waals surface area contributed by atoms with Gasteiger partial charge in [0.25, 0.3) is 0 Å². The Labute approximate surface area is 58.2 Å². The van der Waals surface area contributed by atoms with Gasteiger partial charge in [-0.25, -0.2) is 0 Å². The van der Waals surface area contributed by atoms with Gasteiger partial charge >= 0.3 is 5.37 Å². The van der Waals surface area contributed by atoms with Crippen LogP contribution < -0.4 is 5.32 Å². The largest absolute Gasteiger partial charge is 0.324 e. The average Bonchev–Trinajstić information content (AvgIpc) is 1.21. The van der Waals surface area contributed by atoms with Crippen LogP contribution in [0.3, 0.4) is 0 Å². The van der Waals surface area contributed by atoms with E-state index >= 15 is 0 Å². The third-order valence-electron chi connectivity index (χ3n) is 0.396. The molecule has 4 heteroatoms. The van der Waals surface area contributed by atoms with Gasteiger partial charge in [0.2, 0.25) is 0 Å². The Kier molecular flexibility index (Phi) is 2.57. The molecule has 0 saturated carbocycles. The lowest BCUT2D eigenvalue weighted by molar-refractivity contribution is 0.256. The third kappa shape index (κ3) is 6.05. The molecule has 0 radical (unpaired) electrons. The number of carbonyl (C=O) groups is 1. The van der Waals surface area contributed by atoms with Crippen LogP contribution in [0.1, 0.15) is 13.8 Å². The highest BCUT2D eigenvalue weighted by Crippen LogP contribution is 2.07. The number of hydrogen-bond donors (Lipinski definition) is 1. The first-order chi connectivity index (χ1) is 3.42. The number of alkyl halides is 1. The van der Waals surface area contributed by atoms with E-state index in [1.165, 1.54) is 0 Å². The van der Waals surface area contributed by atoms with Crippen LogP contribution in [0.15, 0.2) is 0 Å². The van der Waals surface area contributed by atoms with E-state index in [4.69, 9.17) is 23.2 Å². The zero-order valence-electron chi connectivity index (χ0n) is 4.66. The van der Waals surface area contributed by atoms with Crippen molar-refractivity contribution in [1.29, 1.82) is 0 Å². The Morgan fingerprint density at radius 2 is 2.00 bits per heavy atom. The summed E-state index contributed by atoms with van der Waals surface area (Å²) in [7, 11) is 0. The van der Waals surface area contributed by atoms with Crippen LogP contribution in [0.5, 0.6) is 0 Å². The Hall–Kier alpha value is 0.0500. The minimum absolute atomic E-state index is 0.634. The molecule has 0 aromatic heterocycles. The third-order valence-corrected chi connectivity index (χ3v) is 0.585. The molecular weight excluding hydrogens is 149 g/mol. The van der Waals surface area contributed by atoms with E-state index in [2.05, 4.69) is 5.32 Å². The second-order valence-corrected chi connectivity index (χ2v) is 3.16. The Morgan fingerprint density at radius 3 is 2.00 bits per heavy atom. The van der Waals surface area contributed by atoms with Crippen molar-refractivity contribution < 1.29 is 4.79 Å². The molecule has 48 valence electrons. The first-order valence-electron chi connectivity index (χ1n) is 2.08. The monoisotopic (exact) mass is 155 g/mol. The van der Waals surface area contributed by atoms with Crippen LogP contribution in [0.25, 0.3) is 0 Å². The molecular formula is C4H7Cl2NO. The predicted octanol–water partition coefficient (Wildman–Crippen LogP) is 1.91. The normalized spacial score (nSPS) is 11.0. The first-order valence-corrected chi connectivity index (χ1v) is 2.84. The van der Waals surface area contributed by atoms with Gasteiger partial charge in [-0.05, 0) is 25.4 Å². The zero-order chi connectivity index (χ0) is 6.78. The van der Waals surface area contributed by atoms with Crippen molar-refractivity contribution in [2.45, 2.75) is 18.8 Å². The van der Waals surface area contributed by atoms with Gasteiger partial charge in [0.1, 0.15) is 5.00 Å². The maximum Gasteiger partial charge on any atom is 0.315 e. The molecule has 0 heterocycles. The second-order valence-electron chi connectivity index (χ2n) is 1.87. The van der Waals surface area contributed by atoms with Gasteiger partial charge in [0.15, 0.2) is 0 Å². The van der Waals surface area contributed by atoms with Crippen LogP contribution in [0, 0.1) is 0 Å². The number of amides is 1. The fourth-order valence-electron chi connectivity index (χ4n) is 0.234. The highest BCUT2D eigenvalue weighted by atomic mass is 35.5. The van der Waals surface area contributed by atoms with E-state index in [-0.39, 0.29) is 0 Å². The number of halogens is 2. The highest BCUT2D eigenvalue weighted by molar-refractivity contribution is 6.63. The summed E-state index contributed by atoms with van der Waals surface area (Å²) in [5, 5.41) is 1.64. The second kappa shape index (κ2) is 2.55. The van der Waals surface area contributed by atoms with Crippen LogP contribution in [0.2, 0.25) is 0 Å². The maximum atomic E-state index is 10.0. The van der Waals surface area contributed by atoms with Crippen molar-refractivity contribution in [3.05, 3.63) is 0 Å². The van der Waals surface area contributed by atoms with E-state index in [0.717, 1.165) is 0 Å². The Balaban J connectivity index is 3.55. The van der Waals surface area contributed by atoms with Crippen molar-refractivity contribution in [2.24, 2.45) is 0 Å². The minimum Gasteiger partial charge on any atom is -0.324 e. The Bertz CT molecular complexity index is 96.7. The molecule has 0 atom stereocenters. The van der Waals surface area contributed by atoms with E-state index in [9.17, 15) is 4.79 Å². The molecule has 0 unspecified atom stereocenters. The summed E-state index contributed by atoms with van der Waals surface area (Å²) in [6.45, 7) is 3.27. The lowest BCUT2D eigenvalue weighted by Crippen LogP contribution is -2.34. The standard InChI is InChI=1S/C4H7Cl2NO/c1-4(2,6)7-3(5)8/h1-2H3,(H,7,8). The Morgan fingerprint density at radius 1 is 1.62 bits per heavy atom. The van der Waals surface area contributed by atoms with Gasteiger partial charge in [-0.15, -0.1) is 0 Å². The molecule has 0 spiro atoms. The molecule has 0 aliphatic carbocycles. The van der Waals surface area contributed by atoms with Crippen molar-refractivity contribution in [1.82, 2.24) is 5.32 Å². The van der Waals surface area contributed by atoms with Gasteiger partial charge < -0.3 is 5.32 Å². The fraction of sp³-hybridized carbons (Fsp3) is 0.750. The molecule has 8 heavy (non-hydrogen) atoms. The molecule has 0 aliphatic heterocycles. The van der Waals surface area contributed by atoms with Crippen LogP contribution in [-0.4, -0.2) is 10.4 Å². The van der Waals surface area contributed by atoms with Crippen LogP contribution in [-0.2, 0) is 0 Å². The predicted molar refractivity (Wildman–Crippen MR) is 34.3 cm³/mol. The molecule has 2 nitrogen and oxygen atoms in total. The number of nitrogens with one attached hydrogen (secondary N) is 1. The lowest BCUT2D eigenvalue weighted by atomic mass is 10.4. The summed E-state index contributed by atoms with van der Waals surface area (Å²) in [5.74, 6) is 0. The van der Waals surface area contributed by atoms with Crippen LogP contribution in [0.4, 0.5) is 4.79 Å². The van der Waals surface area contributed by atoms with Gasteiger partial charge in [-0.2, -0.15) is 0 Å². The van der Waals surface area contributed by atoms with Gasteiger partial charge in [-0.3, -0.25) is 4.79 Å². The molecule has 0 rings (SSSR count). The average molecular weight is 156 g/mol. The molecule has 0 fully saturated rings. The number of rotatable bonds is 1. The molecule has 0 aromatic carbocycles. The van der Waals surface area contributed by atoms with E-state index in [1.807, 2.05) is 0 Å². The van der Waals surface area contributed by atoms with Crippen molar-refractivity contribution >= 4 is 28.6 Å². The van der Waals surface area contributed by atoms with E-state index < -0.39 is 10.4 Å². The summed E-state index contributed by atoms with van der Waals surface area (Å²) in [6.07, 6.45) is 0. The SMILES string of the molecule is CC(C)(Cl)NC(=O)Cl. The van der Waals surface area contributed by atoms with E-state index in [1.54, 1.807) is 13.8 Å². The van der Waals surface area contributed by atoms with E-state index in [0.29, 0.717) is 0 Å². The number of hydrogen-bond acceptors (Lipinski definition) is 1. The van der Waals surface area contributed by atoms with Crippen molar-refractivity contribution in [3.63, 3.8) is 0 Å². The zero-order valence-corrected chi connectivity index (χ0v) is 6.18. The maximum absolute atomic E-state index is 10.0.